The molecular formula is C30H26N2O2. The Hall–Kier alpha value is -4.18. The van der Waals surface area contributed by atoms with E-state index in [9.17, 15) is 9.59 Å². The summed E-state index contributed by atoms with van der Waals surface area (Å²) < 4.78 is 2.20. The minimum Gasteiger partial charge on any atom is -0.366 e. The summed E-state index contributed by atoms with van der Waals surface area (Å²) in [6, 6.07) is 29.2. The van der Waals surface area contributed by atoms with Gasteiger partial charge in [-0.05, 0) is 35.7 Å². The molecule has 34 heavy (non-hydrogen) atoms. The normalized spacial score (nSPS) is 11.2. The highest BCUT2D eigenvalue weighted by Crippen LogP contribution is 2.33. The zero-order valence-corrected chi connectivity index (χ0v) is 19.1. The van der Waals surface area contributed by atoms with Crippen LogP contribution in [0.5, 0.6) is 0 Å². The lowest BCUT2D eigenvalue weighted by atomic mass is 9.98. The van der Waals surface area contributed by atoms with E-state index in [-0.39, 0.29) is 5.78 Å². The largest absolute Gasteiger partial charge is 0.366 e. The molecule has 4 nitrogen and oxygen atoms in total. The molecule has 168 valence electrons. The van der Waals surface area contributed by atoms with Crippen LogP contribution in [0.2, 0.25) is 0 Å². The molecular weight excluding hydrogens is 420 g/mol. The Labute approximate surface area is 198 Å². The fourth-order valence-electron chi connectivity index (χ4n) is 4.80. The van der Waals surface area contributed by atoms with Crippen LogP contribution in [0.1, 0.15) is 50.8 Å². The standard InChI is InChI=1S/C30H26N2O2/c1-2-9-20-16-17-24-27(18-20)32(26-15-8-14-25(28(24)26)30(31)34)19-22-12-6-7-13-23(22)29(33)21-10-4-3-5-11-21/h3-8,10-18H,2,9,19H2,1H3,(H2,31,34). The van der Waals surface area contributed by atoms with Gasteiger partial charge in [-0.1, -0.05) is 86.1 Å². The third kappa shape index (κ3) is 3.77. The lowest BCUT2D eigenvalue weighted by Crippen LogP contribution is -2.11. The maximum Gasteiger partial charge on any atom is 0.249 e. The first kappa shape index (κ1) is 21.7. The molecule has 0 radical (unpaired) electrons. The van der Waals surface area contributed by atoms with Gasteiger partial charge < -0.3 is 10.3 Å². The molecule has 0 aliphatic heterocycles. The number of amides is 1. The van der Waals surface area contributed by atoms with Crippen molar-refractivity contribution in [2.24, 2.45) is 5.73 Å². The Morgan fingerprint density at radius 2 is 1.53 bits per heavy atom. The van der Waals surface area contributed by atoms with Gasteiger partial charge in [-0.2, -0.15) is 0 Å². The summed E-state index contributed by atoms with van der Waals surface area (Å²) in [5.74, 6) is -0.441. The van der Waals surface area contributed by atoms with E-state index in [1.54, 1.807) is 6.07 Å². The van der Waals surface area contributed by atoms with E-state index >= 15 is 0 Å². The summed E-state index contributed by atoms with van der Waals surface area (Å²) in [5.41, 5.74) is 11.7. The van der Waals surface area contributed by atoms with Crippen LogP contribution < -0.4 is 5.73 Å². The first-order valence-electron chi connectivity index (χ1n) is 11.6. The van der Waals surface area contributed by atoms with E-state index in [1.807, 2.05) is 66.7 Å². The van der Waals surface area contributed by atoms with Crippen molar-refractivity contribution in [3.8, 4) is 0 Å². The number of fused-ring (bicyclic) bond motifs is 3. The monoisotopic (exact) mass is 446 g/mol. The molecule has 1 amide bonds. The van der Waals surface area contributed by atoms with Gasteiger partial charge in [-0.25, -0.2) is 0 Å². The topological polar surface area (TPSA) is 65.1 Å². The van der Waals surface area contributed by atoms with Gasteiger partial charge in [0.15, 0.2) is 5.78 Å². The van der Waals surface area contributed by atoms with Crippen LogP contribution in [0.4, 0.5) is 0 Å². The molecule has 0 bridgehead atoms. The number of ketones is 1. The molecule has 2 N–H and O–H groups in total. The minimum absolute atomic E-state index is 0.00136. The van der Waals surface area contributed by atoms with Crippen LogP contribution >= 0.6 is 0 Å². The Bertz CT molecular complexity index is 1530. The first-order chi connectivity index (χ1) is 16.6. The molecule has 5 aromatic rings. The van der Waals surface area contributed by atoms with E-state index < -0.39 is 5.91 Å². The van der Waals surface area contributed by atoms with Crippen molar-refractivity contribution >= 4 is 33.5 Å². The van der Waals surface area contributed by atoms with Gasteiger partial charge in [-0.15, -0.1) is 0 Å². The molecule has 0 unspecified atom stereocenters. The zero-order valence-electron chi connectivity index (χ0n) is 19.1. The second kappa shape index (κ2) is 8.99. The molecule has 0 spiro atoms. The van der Waals surface area contributed by atoms with Gasteiger partial charge in [0.05, 0.1) is 5.52 Å². The Morgan fingerprint density at radius 3 is 2.29 bits per heavy atom. The number of carbonyl (C=O) groups is 2. The van der Waals surface area contributed by atoms with Gasteiger partial charge in [-0.3, -0.25) is 9.59 Å². The third-order valence-corrected chi connectivity index (χ3v) is 6.39. The fourth-order valence-corrected chi connectivity index (χ4v) is 4.80. The highest BCUT2D eigenvalue weighted by atomic mass is 16.1. The molecule has 4 heteroatoms. The number of hydrogen-bond donors (Lipinski definition) is 1. The quantitative estimate of drug-likeness (QED) is 0.306. The highest BCUT2D eigenvalue weighted by Gasteiger charge is 2.19. The lowest BCUT2D eigenvalue weighted by molar-refractivity contribution is 0.1000. The Kier molecular flexibility index (Phi) is 5.72. The molecule has 0 saturated carbocycles. The predicted octanol–water partition coefficient (Wildman–Crippen LogP) is 6.13. The first-order valence-corrected chi connectivity index (χ1v) is 11.6. The van der Waals surface area contributed by atoms with E-state index in [1.165, 1.54) is 5.56 Å². The third-order valence-electron chi connectivity index (χ3n) is 6.39. The molecule has 0 aliphatic rings. The maximum absolute atomic E-state index is 13.3. The molecule has 0 atom stereocenters. The van der Waals surface area contributed by atoms with Gasteiger partial charge in [0.1, 0.15) is 0 Å². The number of hydrogen-bond acceptors (Lipinski definition) is 2. The summed E-state index contributed by atoms with van der Waals surface area (Å²) in [4.78, 5) is 25.6. The van der Waals surface area contributed by atoms with Crippen LogP contribution in [0.15, 0.2) is 91.0 Å². The molecule has 4 aromatic carbocycles. The van der Waals surface area contributed by atoms with Gasteiger partial charge in [0, 0.05) is 39.5 Å². The van der Waals surface area contributed by atoms with Crippen molar-refractivity contribution in [1.82, 2.24) is 4.57 Å². The summed E-state index contributed by atoms with van der Waals surface area (Å²) in [6.07, 6.45) is 2.02. The molecule has 0 saturated heterocycles. The summed E-state index contributed by atoms with van der Waals surface area (Å²) in [6.45, 7) is 2.67. The second-order valence-corrected chi connectivity index (χ2v) is 8.60. The molecule has 1 aromatic heterocycles. The van der Waals surface area contributed by atoms with Gasteiger partial charge >= 0.3 is 0 Å². The van der Waals surface area contributed by atoms with E-state index in [4.69, 9.17) is 5.73 Å². The fraction of sp³-hybridized carbons (Fsp3) is 0.133. The molecule has 5 rings (SSSR count). The van der Waals surface area contributed by atoms with Crippen LogP contribution in [0.25, 0.3) is 21.8 Å². The number of primary amides is 1. The zero-order chi connectivity index (χ0) is 23.7. The smallest absolute Gasteiger partial charge is 0.249 e. The van der Waals surface area contributed by atoms with Gasteiger partial charge in [0.25, 0.3) is 0 Å². The van der Waals surface area contributed by atoms with Crippen molar-refractivity contribution in [2.75, 3.05) is 0 Å². The van der Waals surface area contributed by atoms with Crippen molar-refractivity contribution < 1.29 is 9.59 Å². The minimum atomic E-state index is -0.443. The number of nitrogens with two attached hydrogens (primary N) is 1. The van der Waals surface area contributed by atoms with Crippen LogP contribution in [0.3, 0.4) is 0 Å². The number of nitrogens with zero attached hydrogens (tertiary/aromatic N) is 1. The van der Waals surface area contributed by atoms with Crippen molar-refractivity contribution in [1.29, 1.82) is 0 Å². The number of carbonyl (C=O) groups excluding carboxylic acids is 2. The number of rotatable bonds is 7. The van der Waals surface area contributed by atoms with Crippen molar-refractivity contribution in [2.45, 2.75) is 26.3 Å². The average molecular weight is 447 g/mol. The Balaban J connectivity index is 1.72. The number of benzene rings is 4. The van der Waals surface area contributed by atoms with Crippen molar-refractivity contribution in [3.63, 3.8) is 0 Å². The van der Waals surface area contributed by atoms with Crippen molar-refractivity contribution in [3.05, 3.63) is 119 Å². The SMILES string of the molecule is CCCc1ccc2c3c(C(N)=O)cccc3n(Cc3ccccc3C(=O)c3ccccc3)c2c1. The number of aromatic nitrogens is 1. The maximum atomic E-state index is 13.3. The highest BCUT2D eigenvalue weighted by molar-refractivity contribution is 6.18. The van der Waals surface area contributed by atoms with Crippen LogP contribution in [-0.4, -0.2) is 16.3 Å². The average Bonchev–Trinajstić information content (AvgIpc) is 3.17. The Morgan fingerprint density at radius 1 is 0.794 bits per heavy atom. The molecule has 0 aliphatic carbocycles. The van der Waals surface area contributed by atoms with E-state index in [0.29, 0.717) is 23.2 Å². The lowest BCUT2D eigenvalue weighted by Gasteiger charge is -2.13. The van der Waals surface area contributed by atoms with Gasteiger partial charge in [0.2, 0.25) is 5.91 Å². The van der Waals surface area contributed by atoms with E-state index in [0.717, 1.165) is 40.2 Å². The second-order valence-electron chi connectivity index (χ2n) is 8.60. The van der Waals surface area contributed by atoms with Crippen LogP contribution in [0, 0.1) is 0 Å². The summed E-state index contributed by atoms with van der Waals surface area (Å²) in [5, 5.41) is 1.86. The summed E-state index contributed by atoms with van der Waals surface area (Å²) >= 11 is 0. The van der Waals surface area contributed by atoms with Crippen LogP contribution in [-0.2, 0) is 13.0 Å². The number of aryl methyl sites for hydroxylation is 1. The predicted molar refractivity (Wildman–Crippen MR) is 137 cm³/mol. The molecule has 1 heterocycles. The molecule has 0 fully saturated rings. The van der Waals surface area contributed by atoms with E-state index in [2.05, 4.69) is 29.7 Å². The summed E-state index contributed by atoms with van der Waals surface area (Å²) in [7, 11) is 0.